The van der Waals surface area contributed by atoms with Crippen molar-refractivity contribution in [2.75, 3.05) is 22.1 Å². The van der Waals surface area contributed by atoms with Crippen LogP contribution in [0.4, 0.5) is 30.8 Å². The van der Waals surface area contributed by atoms with Crippen molar-refractivity contribution in [2.24, 2.45) is 0 Å². The third kappa shape index (κ3) is 4.45. The minimum atomic E-state index is -2.68. The van der Waals surface area contributed by atoms with Gasteiger partial charge in [0, 0.05) is 17.3 Å². The highest BCUT2D eigenvalue weighted by Gasteiger charge is 2.38. The fourth-order valence-electron chi connectivity index (χ4n) is 3.53. The highest BCUT2D eigenvalue weighted by Crippen LogP contribution is 2.36. The standard InChI is InChI=1S/C23H21F2N5O3/c1-13(2)17-9-16(6-7-18(17)33-20-10-19(26)27-12-28-20)30-21(31)11-29(23(30)32)15-5-3-4-14(8-15)22(24)25/h3-10,12-13,22H,11H2,1-2H3,(H2,26,27,28). The maximum Gasteiger partial charge on any atom is 0.336 e. The average molecular weight is 453 g/mol. The minimum Gasteiger partial charge on any atom is -0.439 e. The number of hydrogen-bond donors (Lipinski definition) is 1. The van der Waals surface area contributed by atoms with Gasteiger partial charge in [-0.1, -0.05) is 26.0 Å². The summed E-state index contributed by atoms with van der Waals surface area (Å²) in [5.41, 5.74) is 6.78. The Bertz CT molecular complexity index is 1220. The molecule has 2 aromatic carbocycles. The summed E-state index contributed by atoms with van der Waals surface area (Å²) >= 11 is 0. The second-order valence-electron chi connectivity index (χ2n) is 7.75. The normalized spacial score (nSPS) is 14.0. The van der Waals surface area contributed by atoms with Crippen molar-refractivity contribution in [3.8, 4) is 11.6 Å². The van der Waals surface area contributed by atoms with E-state index in [0.717, 1.165) is 10.5 Å². The first-order chi connectivity index (χ1) is 15.7. The summed E-state index contributed by atoms with van der Waals surface area (Å²) in [6, 6.07) is 11.2. The molecule has 4 rings (SSSR count). The van der Waals surface area contributed by atoms with Crippen LogP contribution in [0.15, 0.2) is 54.9 Å². The Morgan fingerprint density at radius 3 is 2.52 bits per heavy atom. The molecule has 10 heteroatoms. The van der Waals surface area contributed by atoms with Crippen LogP contribution < -0.4 is 20.3 Å². The number of urea groups is 1. The van der Waals surface area contributed by atoms with Crippen molar-refractivity contribution in [1.29, 1.82) is 0 Å². The second kappa shape index (κ2) is 8.81. The van der Waals surface area contributed by atoms with Gasteiger partial charge in [-0.25, -0.2) is 28.4 Å². The van der Waals surface area contributed by atoms with Crippen LogP contribution in [0.1, 0.15) is 37.3 Å². The zero-order valence-electron chi connectivity index (χ0n) is 17.9. The monoisotopic (exact) mass is 453 g/mol. The van der Waals surface area contributed by atoms with Gasteiger partial charge in [0.05, 0.1) is 5.69 Å². The van der Waals surface area contributed by atoms with Gasteiger partial charge in [0.1, 0.15) is 24.4 Å². The second-order valence-corrected chi connectivity index (χ2v) is 7.75. The highest BCUT2D eigenvalue weighted by atomic mass is 19.3. The molecule has 2 N–H and O–H groups in total. The Kier molecular flexibility index (Phi) is 5.91. The molecule has 1 aliphatic heterocycles. The summed E-state index contributed by atoms with van der Waals surface area (Å²) in [6.07, 6.45) is -1.39. The van der Waals surface area contributed by atoms with Gasteiger partial charge in [-0.2, -0.15) is 0 Å². The van der Waals surface area contributed by atoms with Gasteiger partial charge in [0.25, 0.3) is 12.3 Å². The first-order valence-electron chi connectivity index (χ1n) is 10.2. The maximum atomic E-state index is 13.1. The van der Waals surface area contributed by atoms with Crippen LogP contribution in [-0.2, 0) is 4.79 Å². The molecular weight excluding hydrogens is 432 g/mol. The average Bonchev–Trinajstić information content (AvgIpc) is 3.08. The van der Waals surface area contributed by atoms with Crippen LogP contribution in [0.2, 0.25) is 0 Å². The van der Waals surface area contributed by atoms with E-state index in [1.807, 2.05) is 13.8 Å². The number of imide groups is 1. The van der Waals surface area contributed by atoms with E-state index in [4.69, 9.17) is 10.5 Å². The fourth-order valence-corrected chi connectivity index (χ4v) is 3.53. The van der Waals surface area contributed by atoms with E-state index in [-0.39, 0.29) is 35.4 Å². The number of nitrogens with zero attached hydrogens (tertiary/aromatic N) is 4. The lowest BCUT2D eigenvalue weighted by Crippen LogP contribution is -2.33. The minimum absolute atomic E-state index is 0.00855. The van der Waals surface area contributed by atoms with E-state index in [1.165, 1.54) is 41.6 Å². The summed E-state index contributed by atoms with van der Waals surface area (Å²) in [6.45, 7) is 3.63. The molecule has 0 bridgehead atoms. The van der Waals surface area contributed by atoms with E-state index >= 15 is 0 Å². The highest BCUT2D eigenvalue weighted by molar-refractivity contribution is 6.27. The van der Waals surface area contributed by atoms with Gasteiger partial charge in [0.2, 0.25) is 5.88 Å². The summed E-state index contributed by atoms with van der Waals surface area (Å²) in [7, 11) is 0. The predicted octanol–water partition coefficient (Wildman–Crippen LogP) is 4.89. The van der Waals surface area contributed by atoms with E-state index in [9.17, 15) is 18.4 Å². The molecule has 3 amide bonds. The summed E-state index contributed by atoms with van der Waals surface area (Å²) in [5, 5.41) is 0. The molecule has 0 aliphatic carbocycles. The number of carbonyl (C=O) groups excluding carboxylic acids is 2. The molecule has 0 unspecified atom stereocenters. The Morgan fingerprint density at radius 2 is 1.82 bits per heavy atom. The van der Waals surface area contributed by atoms with Crippen LogP contribution in [0.3, 0.4) is 0 Å². The van der Waals surface area contributed by atoms with Crippen molar-refractivity contribution in [3.05, 3.63) is 66.0 Å². The van der Waals surface area contributed by atoms with Crippen molar-refractivity contribution in [3.63, 3.8) is 0 Å². The van der Waals surface area contributed by atoms with E-state index in [1.54, 1.807) is 18.2 Å². The lowest BCUT2D eigenvalue weighted by molar-refractivity contribution is -0.115. The summed E-state index contributed by atoms with van der Waals surface area (Å²) in [4.78, 5) is 35.9. The third-order valence-electron chi connectivity index (χ3n) is 5.15. The zero-order valence-corrected chi connectivity index (χ0v) is 17.9. The molecule has 1 saturated heterocycles. The summed E-state index contributed by atoms with van der Waals surface area (Å²) < 4.78 is 32.0. The Labute approximate surface area is 188 Å². The quantitative estimate of drug-likeness (QED) is 0.534. The Morgan fingerprint density at radius 1 is 1.03 bits per heavy atom. The lowest BCUT2D eigenvalue weighted by atomic mass is 10.0. The van der Waals surface area contributed by atoms with E-state index in [0.29, 0.717) is 11.4 Å². The number of halogens is 2. The SMILES string of the molecule is CC(C)c1cc(N2C(=O)CN(c3cccc(C(F)F)c3)C2=O)ccc1Oc1cc(N)ncn1. The van der Waals surface area contributed by atoms with Crippen LogP contribution in [-0.4, -0.2) is 28.5 Å². The predicted molar refractivity (Wildman–Crippen MR) is 119 cm³/mol. The molecule has 0 radical (unpaired) electrons. The lowest BCUT2D eigenvalue weighted by Gasteiger charge is -2.20. The third-order valence-corrected chi connectivity index (χ3v) is 5.15. The van der Waals surface area contributed by atoms with Gasteiger partial charge in [0.15, 0.2) is 0 Å². The Balaban J connectivity index is 1.64. The number of anilines is 3. The van der Waals surface area contributed by atoms with Crippen LogP contribution in [0.5, 0.6) is 11.6 Å². The fraction of sp³-hybridized carbons (Fsp3) is 0.217. The number of nitrogen functional groups attached to an aromatic ring is 1. The molecule has 1 fully saturated rings. The largest absolute Gasteiger partial charge is 0.439 e. The first kappa shape index (κ1) is 22.1. The molecule has 1 aromatic heterocycles. The molecule has 0 spiro atoms. The van der Waals surface area contributed by atoms with Gasteiger partial charge in [-0.3, -0.25) is 9.69 Å². The van der Waals surface area contributed by atoms with Gasteiger partial charge in [-0.15, -0.1) is 0 Å². The molecule has 170 valence electrons. The molecule has 0 atom stereocenters. The number of nitrogens with two attached hydrogens (primary N) is 1. The number of amides is 3. The first-order valence-corrected chi connectivity index (χ1v) is 10.2. The van der Waals surface area contributed by atoms with Gasteiger partial charge in [-0.05, 0) is 41.8 Å². The van der Waals surface area contributed by atoms with Crippen molar-refractivity contribution < 1.29 is 23.1 Å². The van der Waals surface area contributed by atoms with Crippen LogP contribution >= 0.6 is 0 Å². The molecule has 3 aromatic rings. The topological polar surface area (TPSA) is 102 Å². The molecule has 2 heterocycles. The number of hydrogen-bond acceptors (Lipinski definition) is 6. The number of alkyl halides is 2. The molecule has 33 heavy (non-hydrogen) atoms. The zero-order chi connectivity index (χ0) is 23.7. The number of ether oxygens (including phenoxy) is 1. The van der Waals surface area contributed by atoms with Crippen molar-refractivity contribution >= 4 is 29.1 Å². The van der Waals surface area contributed by atoms with E-state index in [2.05, 4.69) is 9.97 Å². The molecule has 1 aliphatic rings. The summed E-state index contributed by atoms with van der Waals surface area (Å²) in [5.74, 6) is 0.537. The van der Waals surface area contributed by atoms with Crippen molar-refractivity contribution in [2.45, 2.75) is 26.2 Å². The number of rotatable bonds is 6. The van der Waals surface area contributed by atoms with Gasteiger partial charge >= 0.3 is 6.03 Å². The smallest absolute Gasteiger partial charge is 0.336 e. The van der Waals surface area contributed by atoms with Gasteiger partial charge < -0.3 is 10.5 Å². The van der Waals surface area contributed by atoms with Crippen LogP contribution in [0.25, 0.3) is 0 Å². The van der Waals surface area contributed by atoms with Crippen molar-refractivity contribution in [1.82, 2.24) is 9.97 Å². The maximum absolute atomic E-state index is 13.1. The molecule has 8 nitrogen and oxygen atoms in total. The number of carbonyl (C=O) groups is 2. The molecular formula is C23H21F2N5O3. The Hall–Kier alpha value is -4.08. The number of aromatic nitrogens is 2. The van der Waals surface area contributed by atoms with Crippen LogP contribution in [0, 0.1) is 0 Å². The molecule has 0 saturated carbocycles. The van der Waals surface area contributed by atoms with E-state index < -0.39 is 18.4 Å². The number of benzene rings is 2.